The fourth-order valence-electron chi connectivity index (χ4n) is 2.70. The zero-order valence-electron chi connectivity index (χ0n) is 12.5. The number of halogens is 2. The van der Waals surface area contributed by atoms with Crippen molar-refractivity contribution in [3.63, 3.8) is 0 Å². The lowest BCUT2D eigenvalue weighted by molar-refractivity contribution is -0.133. The van der Waals surface area contributed by atoms with E-state index >= 15 is 0 Å². The average Bonchev–Trinajstić information content (AvgIpc) is 2.97. The van der Waals surface area contributed by atoms with E-state index in [4.69, 9.17) is 0 Å². The second kappa shape index (κ2) is 9.44. The normalized spacial score (nSPS) is 17.3. The Balaban J connectivity index is 0.00000220. The van der Waals surface area contributed by atoms with Crippen LogP contribution in [0.4, 0.5) is 0 Å². The number of nitrogens with zero attached hydrogens (tertiary/aromatic N) is 1. The first-order chi connectivity index (χ1) is 9.70. The molecule has 0 aromatic heterocycles. The summed E-state index contributed by atoms with van der Waals surface area (Å²) in [5.41, 5.74) is 1.22. The van der Waals surface area contributed by atoms with Gasteiger partial charge in [0.05, 0.1) is 0 Å². The van der Waals surface area contributed by atoms with E-state index in [0.29, 0.717) is 18.4 Å². The van der Waals surface area contributed by atoms with Gasteiger partial charge < -0.3 is 10.2 Å². The maximum atomic E-state index is 12.4. The lowest BCUT2D eigenvalue weighted by atomic mass is 10.1. The first-order valence-electron chi connectivity index (χ1n) is 7.45. The van der Waals surface area contributed by atoms with Crippen LogP contribution in [0.15, 0.2) is 28.7 Å². The number of aryl methyl sites for hydroxylation is 1. The molecule has 1 aromatic carbocycles. The van der Waals surface area contributed by atoms with Gasteiger partial charge in [-0.3, -0.25) is 4.79 Å². The maximum absolute atomic E-state index is 12.4. The van der Waals surface area contributed by atoms with Crippen LogP contribution in [0.1, 0.15) is 31.7 Å². The molecule has 5 heteroatoms. The highest BCUT2D eigenvalue weighted by atomic mass is 79.9. The summed E-state index contributed by atoms with van der Waals surface area (Å²) < 4.78 is 1.08. The van der Waals surface area contributed by atoms with Crippen molar-refractivity contribution in [3.8, 4) is 0 Å². The minimum absolute atomic E-state index is 0. The van der Waals surface area contributed by atoms with E-state index in [0.717, 1.165) is 43.4 Å². The van der Waals surface area contributed by atoms with Crippen molar-refractivity contribution in [1.29, 1.82) is 0 Å². The Morgan fingerprint density at radius 1 is 1.38 bits per heavy atom. The third kappa shape index (κ3) is 5.61. The van der Waals surface area contributed by atoms with Crippen LogP contribution in [-0.4, -0.2) is 36.5 Å². The molecule has 3 nitrogen and oxygen atoms in total. The van der Waals surface area contributed by atoms with Gasteiger partial charge in [0, 0.05) is 30.0 Å². The van der Waals surface area contributed by atoms with Gasteiger partial charge in [0.2, 0.25) is 5.91 Å². The molecular formula is C16H24BrClN2O. The summed E-state index contributed by atoms with van der Waals surface area (Å²) >= 11 is 3.43. The van der Waals surface area contributed by atoms with Crippen LogP contribution in [0.25, 0.3) is 0 Å². The molecule has 21 heavy (non-hydrogen) atoms. The molecule has 1 unspecified atom stereocenters. The Labute approximate surface area is 142 Å². The minimum Gasteiger partial charge on any atom is -0.338 e. The number of amides is 1. The van der Waals surface area contributed by atoms with Crippen LogP contribution < -0.4 is 5.32 Å². The van der Waals surface area contributed by atoms with Gasteiger partial charge in [-0.2, -0.15) is 0 Å². The number of carbonyl (C=O) groups excluding carboxylic acids is 1. The topological polar surface area (TPSA) is 32.3 Å². The highest BCUT2D eigenvalue weighted by Crippen LogP contribution is 2.15. The molecule has 1 aliphatic heterocycles. The molecule has 1 aromatic rings. The SMILES string of the molecule is CCCN(C(=O)CCc1ccc(Br)cc1)C1CCNC1.Cl. The molecule has 1 amide bonds. The molecule has 0 bridgehead atoms. The maximum Gasteiger partial charge on any atom is 0.223 e. The van der Waals surface area contributed by atoms with Gasteiger partial charge in [0.15, 0.2) is 0 Å². The molecule has 1 atom stereocenters. The number of carbonyl (C=O) groups is 1. The lowest BCUT2D eigenvalue weighted by Gasteiger charge is -2.28. The van der Waals surface area contributed by atoms with Crippen molar-refractivity contribution in [2.75, 3.05) is 19.6 Å². The highest BCUT2D eigenvalue weighted by molar-refractivity contribution is 9.10. The second-order valence-corrected chi connectivity index (χ2v) is 6.28. The van der Waals surface area contributed by atoms with Crippen molar-refractivity contribution in [1.82, 2.24) is 10.2 Å². The van der Waals surface area contributed by atoms with Crippen LogP contribution in [0, 0.1) is 0 Å². The van der Waals surface area contributed by atoms with Crippen LogP contribution in [-0.2, 0) is 11.2 Å². The first-order valence-corrected chi connectivity index (χ1v) is 8.24. The van der Waals surface area contributed by atoms with Gasteiger partial charge in [0.25, 0.3) is 0 Å². The van der Waals surface area contributed by atoms with E-state index in [1.54, 1.807) is 0 Å². The summed E-state index contributed by atoms with van der Waals surface area (Å²) in [5.74, 6) is 0.295. The number of hydrogen-bond donors (Lipinski definition) is 1. The van der Waals surface area contributed by atoms with Crippen molar-refractivity contribution < 1.29 is 4.79 Å². The van der Waals surface area contributed by atoms with Crippen LogP contribution >= 0.6 is 28.3 Å². The van der Waals surface area contributed by atoms with Crippen molar-refractivity contribution >= 4 is 34.2 Å². The number of hydrogen-bond acceptors (Lipinski definition) is 2. The predicted molar refractivity (Wildman–Crippen MR) is 93.0 cm³/mol. The lowest BCUT2D eigenvalue weighted by Crippen LogP contribution is -2.42. The molecule has 0 spiro atoms. The molecule has 1 fully saturated rings. The predicted octanol–water partition coefficient (Wildman–Crippen LogP) is 3.40. The standard InChI is InChI=1S/C16H23BrN2O.ClH/c1-2-11-19(15-9-10-18-12-15)16(20)8-5-13-3-6-14(17)7-4-13;/h3-4,6-7,15,18H,2,5,8-12H2,1H3;1H. The highest BCUT2D eigenvalue weighted by Gasteiger charge is 2.25. The average molecular weight is 376 g/mol. The quantitative estimate of drug-likeness (QED) is 0.826. The van der Waals surface area contributed by atoms with E-state index < -0.39 is 0 Å². The molecule has 1 aliphatic rings. The van der Waals surface area contributed by atoms with E-state index in [1.165, 1.54) is 5.56 Å². The molecule has 1 N–H and O–H groups in total. The van der Waals surface area contributed by atoms with Crippen LogP contribution in [0.3, 0.4) is 0 Å². The molecule has 0 saturated carbocycles. The monoisotopic (exact) mass is 374 g/mol. The van der Waals surface area contributed by atoms with Crippen LogP contribution in [0.5, 0.6) is 0 Å². The van der Waals surface area contributed by atoms with Gasteiger partial charge in [-0.25, -0.2) is 0 Å². The van der Waals surface area contributed by atoms with Gasteiger partial charge in [0.1, 0.15) is 0 Å². The molecule has 1 heterocycles. The largest absolute Gasteiger partial charge is 0.338 e. The molecular weight excluding hydrogens is 352 g/mol. The van der Waals surface area contributed by atoms with Crippen molar-refractivity contribution in [2.45, 2.75) is 38.6 Å². The Bertz CT molecular complexity index is 432. The van der Waals surface area contributed by atoms with Gasteiger partial charge in [-0.05, 0) is 43.5 Å². The zero-order chi connectivity index (χ0) is 14.4. The second-order valence-electron chi connectivity index (χ2n) is 5.36. The summed E-state index contributed by atoms with van der Waals surface area (Å²) in [6.45, 7) is 5.00. The summed E-state index contributed by atoms with van der Waals surface area (Å²) in [6.07, 6.45) is 3.55. The smallest absolute Gasteiger partial charge is 0.223 e. The Kier molecular flexibility index (Phi) is 8.30. The third-order valence-electron chi connectivity index (χ3n) is 3.80. The fourth-order valence-corrected chi connectivity index (χ4v) is 2.97. The molecule has 118 valence electrons. The van der Waals surface area contributed by atoms with Crippen molar-refractivity contribution in [2.24, 2.45) is 0 Å². The third-order valence-corrected chi connectivity index (χ3v) is 4.33. The fraction of sp³-hybridized carbons (Fsp3) is 0.562. The van der Waals surface area contributed by atoms with Gasteiger partial charge in [-0.15, -0.1) is 12.4 Å². The van der Waals surface area contributed by atoms with Crippen LogP contribution in [0.2, 0.25) is 0 Å². The van der Waals surface area contributed by atoms with E-state index in [9.17, 15) is 4.79 Å². The molecule has 0 radical (unpaired) electrons. The summed E-state index contributed by atoms with van der Waals surface area (Å²) in [4.78, 5) is 14.5. The molecule has 2 rings (SSSR count). The van der Waals surface area contributed by atoms with Gasteiger partial charge in [-0.1, -0.05) is 35.0 Å². The Morgan fingerprint density at radius 2 is 2.10 bits per heavy atom. The van der Waals surface area contributed by atoms with Gasteiger partial charge >= 0.3 is 0 Å². The first kappa shape index (κ1) is 18.5. The molecule has 1 saturated heterocycles. The number of benzene rings is 1. The summed E-state index contributed by atoms with van der Waals surface area (Å²) in [7, 11) is 0. The van der Waals surface area contributed by atoms with E-state index in [2.05, 4.69) is 45.2 Å². The Hall–Kier alpha value is -0.580. The van der Waals surface area contributed by atoms with E-state index in [1.807, 2.05) is 12.1 Å². The minimum atomic E-state index is 0. The van der Waals surface area contributed by atoms with E-state index in [-0.39, 0.29) is 12.4 Å². The van der Waals surface area contributed by atoms with Crippen molar-refractivity contribution in [3.05, 3.63) is 34.3 Å². The number of nitrogens with one attached hydrogen (secondary N) is 1. The summed E-state index contributed by atoms with van der Waals surface area (Å²) in [6, 6.07) is 8.62. The summed E-state index contributed by atoms with van der Waals surface area (Å²) in [5, 5.41) is 3.35. The zero-order valence-corrected chi connectivity index (χ0v) is 14.9. The molecule has 0 aliphatic carbocycles. The number of rotatable bonds is 6. The Morgan fingerprint density at radius 3 is 2.67 bits per heavy atom.